The number of nitrogens with two attached hydrogens (primary N) is 1. The van der Waals surface area contributed by atoms with E-state index in [1.54, 1.807) is 6.07 Å². The molecule has 0 saturated carbocycles. The number of rotatable bonds is 3. The van der Waals surface area contributed by atoms with Crippen LogP contribution in [-0.4, -0.2) is 32.6 Å². The molecule has 0 amide bonds. The minimum atomic E-state index is -0.361. The molecule has 0 aliphatic heterocycles. The first kappa shape index (κ1) is 17.2. The van der Waals surface area contributed by atoms with Gasteiger partial charge in [0.25, 0.3) is 0 Å². The van der Waals surface area contributed by atoms with Gasteiger partial charge in [-0.15, -0.1) is 0 Å². The highest BCUT2D eigenvalue weighted by Crippen LogP contribution is 2.28. The fourth-order valence-electron chi connectivity index (χ4n) is 3.31. The van der Waals surface area contributed by atoms with Crippen LogP contribution in [0, 0.1) is 6.92 Å². The second-order valence-corrected chi connectivity index (χ2v) is 6.79. The zero-order valence-corrected chi connectivity index (χ0v) is 15.7. The van der Waals surface area contributed by atoms with Crippen LogP contribution in [0.1, 0.15) is 34.6 Å². The van der Waals surface area contributed by atoms with Gasteiger partial charge in [0.05, 0.1) is 35.1 Å². The van der Waals surface area contributed by atoms with E-state index >= 15 is 0 Å². The van der Waals surface area contributed by atoms with Crippen LogP contribution in [0.3, 0.4) is 0 Å². The number of hydrogen-bond donors (Lipinski definition) is 2. The Morgan fingerprint density at radius 2 is 2.04 bits per heavy atom. The Morgan fingerprint density at radius 3 is 2.74 bits per heavy atom. The maximum Gasteiger partial charge on any atom is 0.338 e. The Labute approximate surface area is 156 Å². The lowest BCUT2D eigenvalue weighted by Gasteiger charge is -2.04. The van der Waals surface area contributed by atoms with Crippen LogP contribution >= 0.6 is 0 Å². The average molecular weight is 363 g/mol. The molecule has 1 aromatic carbocycles. The normalized spacial score (nSPS) is 12.6. The van der Waals surface area contributed by atoms with Crippen LogP contribution in [0.25, 0.3) is 33.6 Å². The van der Waals surface area contributed by atoms with Gasteiger partial charge in [-0.05, 0) is 49.7 Å². The molecule has 7 heteroatoms. The lowest BCUT2D eigenvalue weighted by atomic mass is 10.1. The van der Waals surface area contributed by atoms with Crippen LogP contribution in [-0.2, 0) is 11.8 Å². The van der Waals surface area contributed by atoms with Crippen molar-refractivity contribution in [3.63, 3.8) is 0 Å². The van der Waals surface area contributed by atoms with E-state index in [1.165, 1.54) is 7.11 Å². The first-order valence-corrected chi connectivity index (χ1v) is 8.70. The van der Waals surface area contributed by atoms with Crippen molar-refractivity contribution < 1.29 is 9.53 Å². The maximum absolute atomic E-state index is 12.0. The zero-order valence-electron chi connectivity index (χ0n) is 15.7. The highest BCUT2D eigenvalue weighted by Gasteiger charge is 2.17. The largest absolute Gasteiger partial charge is 0.465 e. The summed E-state index contributed by atoms with van der Waals surface area (Å²) in [5.41, 5.74) is 11.5. The van der Waals surface area contributed by atoms with E-state index in [0.717, 1.165) is 44.8 Å². The first-order chi connectivity index (χ1) is 12.9. The van der Waals surface area contributed by atoms with Crippen LogP contribution < -0.4 is 5.73 Å². The molecule has 0 unspecified atom stereocenters. The summed E-state index contributed by atoms with van der Waals surface area (Å²) in [6.07, 6.45) is 0. The summed E-state index contributed by atoms with van der Waals surface area (Å²) in [5.74, 6) is 0.409. The number of aromatic nitrogens is 4. The van der Waals surface area contributed by atoms with E-state index in [1.807, 2.05) is 49.7 Å². The molecule has 27 heavy (non-hydrogen) atoms. The number of esters is 1. The number of nitrogens with zero attached hydrogens (tertiary/aromatic N) is 3. The Bertz CT molecular complexity index is 1190. The SMILES string of the molecule is COC(=O)c1cc2nc(-c3cc4ccc([C@@H](C)N)nc4[nH]3)n(C)c2cc1C. The second kappa shape index (κ2) is 6.21. The summed E-state index contributed by atoms with van der Waals surface area (Å²) in [6, 6.07) is 9.55. The van der Waals surface area contributed by atoms with Crippen LogP contribution in [0.2, 0.25) is 0 Å². The van der Waals surface area contributed by atoms with Crippen LogP contribution in [0.15, 0.2) is 30.3 Å². The number of methoxy groups -OCH3 is 1. The van der Waals surface area contributed by atoms with Gasteiger partial charge in [0, 0.05) is 18.5 Å². The van der Waals surface area contributed by atoms with Crippen molar-refractivity contribution in [3.8, 4) is 11.5 Å². The number of aryl methyl sites for hydroxylation is 2. The number of H-pyrrole nitrogens is 1. The molecule has 0 radical (unpaired) electrons. The molecule has 138 valence electrons. The van der Waals surface area contributed by atoms with Crippen molar-refractivity contribution in [2.45, 2.75) is 19.9 Å². The molecule has 0 saturated heterocycles. The third kappa shape index (κ3) is 2.76. The Kier molecular flexibility index (Phi) is 3.96. The number of benzene rings is 1. The highest BCUT2D eigenvalue weighted by atomic mass is 16.5. The fraction of sp³-hybridized carbons (Fsp3) is 0.250. The Hall–Kier alpha value is -3.19. The molecule has 4 rings (SSSR count). The van der Waals surface area contributed by atoms with Crippen molar-refractivity contribution >= 4 is 28.0 Å². The molecule has 3 aromatic heterocycles. The summed E-state index contributed by atoms with van der Waals surface area (Å²) >= 11 is 0. The van der Waals surface area contributed by atoms with Crippen LogP contribution in [0.4, 0.5) is 0 Å². The number of ether oxygens (including phenoxy) is 1. The smallest absolute Gasteiger partial charge is 0.338 e. The number of hydrogen-bond acceptors (Lipinski definition) is 5. The number of pyridine rings is 1. The lowest BCUT2D eigenvalue weighted by molar-refractivity contribution is 0.0600. The van der Waals surface area contributed by atoms with Crippen molar-refractivity contribution in [1.82, 2.24) is 19.5 Å². The number of fused-ring (bicyclic) bond motifs is 2. The topological polar surface area (TPSA) is 98.8 Å². The predicted octanol–water partition coefficient (Wildman–Crippen LogP) is 3.23. The Balaban J connectivity index is 1.87. The van der Waals surface area contributed by atoms with E-state index in [-0.39, 0.29) is 12.0 Å². The van der Waals surface area contributed by atoms with Crippen molar-refractivity contribution in [2.24, 2.45) is 12.8 Å². The number of carbonyl (C=O) groups excluding carboxylic acids is 1. The van der Waals surface area contributed by atoms with Crippen molar-refractivity contribution in [3.05, 3.63) is 47.2 Å². The van der Waals surface area contributed by atoms with Crippen LogP contribution in [0.5, 0.6) is 0 Å². The molecule has 3 heterocycles. The highest BCUT2D eigenvalue weighted by molar-refractivity contribution is 5.96. The van der Waals surface area contributed by atoms with Gasteiger partial charge in [-0.25, -0.2) is 14.8 Å². The van der Waals surface area contributed by atoms with Gasteiger partial charge in [-0.3, -0.25) is 0 Å². The molecule has 0 aliphatic rings. The quantitative estimate of drug-likeness (QED) is 0.545. The third-order valence-corrected chi connectivity index (χ3v) is 4.84. The number of imidazole rings is 1. The molecule has 7 nitrogen and oxygen atoms in total. The maximum atomic E-state index is 12.0. The summed E-state index contributed by atoms with van der Waals surface area (Å²) in [7, 11) is 3.33. The fourth-order valence-corrected chi connectivity index (χ4v) is 3.31. The molecule has 0 spiro atoms. The minimum Gasteiger partial charge on any atom is -0.465 e. The summed E-state index contributed by atoms with van der Waals surface area (Å²) in [6.45, 7) is 3.80. The molecule has 0 aliphatic carbocycles. The number of nitrogens with one attached hydrogen (secondary N) is 1. The molecule has 0 bridgehead atoms. The predicted molar refractivity (Wildman–Crippen MR) is 104 cm³/mol. The van der Waals surface area contributed by atoms with Gasteiger partial charge in [0.15, 0.2) is 5.82 Å². The minimum absolute atomic E-state index is 0.128. The molecule has 0 fully saturated rings. The van der Waals surface area contributed by atoms with Gasteiger partial charge in [0.2, 0.25) is 0 Å². The van der Waals surface area contributed by atoms with Gasteiger partial charge in [-0.2, -0.15) is 0 Å². The van der Waals surface area contributed by atoms with Gasteiger partial charge < -0.3 is 20.0 Å². The van der Waals surface area contributed by atoms with Gasteiger partial charge in [0.1, 0.15) is 5.65 Å². The molecular formula is C20H21N5O2. The first-order valence-electron chi connectivity index (χ1n) is 8.70. The van der Waals surface area contributed by atoms with E-state index in [9.17, 15) is 4.79 Å². The summed E-state index contributed by atoms with van der Waals surface area (Å²) in [5, 5.41) is 0.993. The average Bonchev–Trinajstić information content (AvgIpc) is 3.21. The third-order valence-electron chi connectivity index (χ3n) is 4.84. The summed E-state index contributed by atoms with van der Waals surface area (Å²) < 4.78 is 6.86. The molecular weight excluding hydrogens is 342 g/mol. The van der Waals surface area contributed by atoms with E-state index in [0.29, 0.717) is 5.56 Å². The monoisotopic (exact) mass is 363 g/mol. The van der Waals surface area contributed by atoms with Gasteiger partial charge >= 0.3 is 5.97 Å². The van der Waals surface area contributed by atoms with E-state index in [4.69, 9.17) is 15.5 Å². The zero-order chi connectivity index (χ0) is 19.3. The standard InChI is InChI=1S/C20H21N5O2/c1-10-7-17-15(9-13(10)20(26)27-4)24-19(25(17)3)16-8-12-5-6-14(11(2)21)22-18(12)23-16/h5-9,11H,21H2,1-4H3,(H,22,23)/t11-/m1/s1. The second-order valence-electron chi connectivity index (χ2n) is 6.79. The van der Waals surface area contributed by atoms with Crippen molar-refractivity contribution in [2.75, 3.05) is 7.11 Å². The summed E-state index contributed by atoms with van der Waals surface area (Å²) in [4.78, 5) is 24.6. The van der Waals surface area contributed by atoms with E-state index in [2.05, 4.69) is 9.97 Å². The van der Waals surface area contributed by atoms with E-state index < -0.39 is 0 Å². The Morgan fingerprint density at radius 1 is 1.26 bits per heavy atom. The van der Waals surface area contributed by atoms with Gasteiger partial charge in [-0.1, -0.05) is 0 Å². The molecule has 4 aromatic rings. The number of aromatic amines is 1. The molecule has 1 atom stereocenters. The number of carbonyl (C=O) groups is 1. The molecule has 3 N–H and O–H groups in total. The van der Waals surface area contributed by atoms with Crippen molar-refractivity contribution in [1.29, 1.82) is 0 Å². The lowest BCUT2D eigenvalue weighted by Crippen LogP contribution is -2.06.